The highest BCUT2D eigenvalue weighted by atomic mass is 35.5. The van der Waals surface area contributed by atoms with Gasteiger partial charge in [-0.15, -0.1) is 0 Å². The molecule has 1 aromatic carbocycles. The zero-order valence-electron chi connectivity index (χ0n) is 11.4. The predicted octanol–water partition coefficient (Wildman–Crippen LogP) is 2.10. The summed E-state index contributed by atoms with van der Waals surface area (Å²) in [5.41, 5.74) is 5.24. The monoisotopic (exact) mass is 330 g/mol. The van der Waals surface area contributed by atoms with E-state index in [0.29, 0.717) is 35.3 Å². The lowest BCUT2D eigenvalue weighted by Crippen LogP contribution is -2.32. The SMILES string of the molecule is NC(=O)[C@H]1CCN(C(=O)CCOc2cc(Cl)ccc2Cl)C1. The smallest absolute Gasteiger partial charge is 0.226 e. The van der Waals surface area contributed by atoms with Crippen molar-refractivity contribution in [1.82, 2.24) is 4.90 Å². The topological polar surface area (TPSA) is 72.6 Å². The second-order valence-corrected chi connectivity index (χ2v) is 5.74. The van der Waals surface area contributed by atoms with E-state index < -0.39 is 0 Å². The first-order valence-electron chi connectivity index (χ1n) is 6.62. The molecule has 0 unspecified atom stereocenters. The molecule has 0 bridgehead atoms. The fourth-order valence-corrected chi connectivity index (χ4v) is 2.55. The second kappa shape index (κ2) is 7.00. The molecule has 2 rings (SSSR count). The van der Waals surface area contributed by atoms with Crippen molar-refractivity contribution in [3.8, 4) is 5.75 Å². The van der Waals surface area contributed by atoms with Crippen LogP contribution in [0.15, 0.2) is 18.2 Å². The van der Waals surface area contributed by atoms with Crippen molar-refractivity contribution in [2.45, 2.75) is 12.8 Å². The Morgan fingerprint density at radius 3 is 2.81 bits per heavy atom. The van der Waals surface area contributed by atoms with Crippen LogP contribution in [0.25, 0.3) is 0 Å². The molecule has 0 aromatic heterocycles. The van der Waals surface area contributed by atoms with Crippen LogP contribution in [0.1, 0.15) is 12.8 Å². The zero-order valence-corrected chi connectivity index (χ0v) is 12.9. The number of primary amides is 1. The molecule has 1 heterocycles. The van der Waals surface area contributed by atoms with Crippen LogP contribution in [0.3, 0.4) is 0 Å². The van der Waals surface area contributed by atoms with Crippen LogP contribution < -0.4 is 10.5 Å². The minimum absolute atomic E-state index is 0.0584. The molecule has 1 aliphatic rings. The molecule has 0 saturated carbocycles. The third kappa shape index (κ3) is 4.25. The van der Waals surface area contributed by atoms with E-state index in [4.69, 9.17) is 33.7 Å². The second-order valence-electron chi connectivity index (χ2n) is 4.90. The molecule has 114 valence electrons. The third-order valence-electron chi connectivity index (χ3n) is 3.41. The predicted molar refractivity (Wildman–Crippen MR) is 80.5 cm³/mol. The van der Waals surface area contributed by atoms with Crippen molar-refractivity contribution in [1.29, 1.82) is 0 Å². The average molecular weight is 331 g/mol. The largest absolute Gasteiger partial charge is 0.491 e. The van der Waals surface area contributed by atoms with Crippen LogP contribution in [0, 0.1) is 5.92 Å². The van der Waals surface area contributed by atoms with Crippen molar-refractivity contribution >= 4 is 35.0 Å². The summed E-state index contributed by atoms with van der Waals surface area (Å²) in [4.78, 5) is 24.7. The molecule has 21 heavy (non-hydrogen) atoms. The van der Waals surface area contributed by atoms with E-state index in [2.05, 4.69) is 0 Å². The van der Waals surface area contributed by atoms with Gasteiger partial charge in [0.1, 0.15) is 5.75 Å². The van der Waals surface area contributed by atoms with Crippen molar-refractivity contribution in [2.75, 3.05) is 19.7 Å². The van der Waals surface area contributed by atoms with Gasteiger partial charge in [-0.25, -0.2) is 0 Å². The van der Waals surface area contributed by atoms with E-state index in [1.165, 1.54) is 0 Å². The Balaban J connectivity index is 1.80. The average Bonchev–Trinajstić information content (AvgIpc) is 2.92. The van der Waals surface area contributed by atoms with Crippen LogP contribution >= 0.6 is 23.2 Å². The highest BCUT2D eigenvalue weighted by molar-refractivity contribution is 6.34. The van der Waals surface area contributed by atoms with E-state index in [1.54, 1.807) is 23.1 Å². The molecule has 7 heteroatoms. The van der Waals surface area contributed by atoms with E-state index in [1.807, 2.05) is 0 Å². The van der Waals surface area contributed by atoms with Crippen LogP contribution in [-0.4, -0.2) is 36.4 Å². The van der Waals surface area contributed by atoms with Gasteiger partial charge in [-0.1, -0.05) is 23.2 Å². The van der Waals surface area contributed by atoms with Gasteiger partial charge in [-0.2, -0.15) is 0 Å². The molecule has 1 fully saturated rings. The summed E-state index contributed by atoms with van der Waals surface area (Å²) in [5, 5.41) is 0.964. The fourth-order valence-electron chi connectivity index (χ4n) is 2.21. The number of carbonyl (C=O) groups excluding carboxylic acids is 2. The summed E-state index contributed by atoms with van der Waals surface area (Å²) >= 11 is 11.8. The minimum atomic E-state index is -0.354. The minimum Gasteiger partial charge on any atom is -0.491 e. The Bertz CT molecular complexity index is 551. The number of ether oxygens (including phenoxy) is 1. The number of nitrogens with zero attached hydrogens (tertiary/aromatic N) is 1. The summed E-state index contributed by atoms with van der Waals surface area (Å²) < 4.78 is 5.47. The summed E-state index contributed by atoms with van der Waals surface area (Å²) in [6.45, 7) is 1.16. The number of amides is 2. The lowest BCUT2D eigenvalue weighted by Gasteiger charge is -2.16. The van der Waals surface area contributed by atoms with Crippen LogP contribution in [0.4, 0.5) is 0 Å². The van der Waals surface area contributed by atoms with Crippen molar-refractivity contribution < 1.29 is 14.3 Å². The first kappa shape index (κ1) is 15.9. The first-order chi connectivity index (χ1) is 9.97. The third-order valence-corrected chi connectivity index (χ3v) is 3.96. The molecular weight excluding hydrogens is 315 g/mol. The quantitative estimate of drug-likeness (QED) is 0.898. The van der Waals surface area contributed by atoms with Gasteiger partial charge in [0.05, 0.1) is 24.0 Å². The molecule has 5 nitrogen and oxygen atoms in total. The van der Waals surface area contributed by atoms with Gasteiger partial charge in [0, 0.05) is 24.2 Å². The van der Waals surface area contributed by atoms with E-state index in [-0.39, 0.29) is 30.8 Å². The molecular formula is C14H16Cl2N2O3. The van der Waals surface area contributed by atoms with E-state index in [0.717, 1.165) is 0 Å². The Hall–Kier alpha value is -1.46. The summed E-state index contributed by atoms with van der Waals surface area (Å²) in [7, 11) is 0. The molecule has 1 atom stereocenters. The Kier molecular flexibility index (Phi) is 5.31. The molecule has 0 radical (unpaired) electrons. The first-order valence-corrected chi connectivity index (χ1v) is 7.38. The van der Waals surface area contributed by atoms with Gasteiger partial charge in [-0.05, 0) is 18.6 Å². The maximum absolute atomic E-state index is 12.0. The molecule has 0 spiro atoms. The number of hydrogen-bond donors (Lipinski definition) is 1. The summed E-state index contributed by atoms with van der Waals surface area (Å²) in [6.07, 6.45) is 0.844. The highest BCUT2D eigenvalue weighted by Gasteiger charge is 2.29. The molecule has 0 aliphatic carbocycles. The van der Waals surface area contributed by atoms with Gasteiger partial charge >= 0.3 is 0 Å². The van der Waals surface area contributed by atoms with Crippen molar-refractivity contribution in [3.63, 3.8) is 0 Å². The van der Waals surface area contributed by atoms with Gasteiger partial charge in [0.15, 0.2) is 0 Å². The van der Waals surface area contributed by atoms with Gasteiger partial charge in [0.25, 0.3) is 0 Å². The number of rotatable bonds is 5. The Morgan fingerprint density at radius 2 is 2.14 bits per heavy atom. The molecule has 2 N–H and O–H groups in total. The van der Waals surface area contributed by atoms with E-state index >= 15 is 0 Å². The lowest BCUT2D eigenvalue weighted by molar-refractivity contribution is -0.131. The summed E-state index contributed by atoms with van der Waals surface area (Å²) in [6, 6.07) is 4.91. The molecule has 1 aliphatic heterocycles. The fraction of sp³-hybridized carbons (Fsp3) is 0.429. The number of benzene rings is 1. The van der Waals surface area contributed by atoms with E-state index in [9.17, 15) is 9.59 Å². The lowest BCUT2D eigenvalue weighted by atomic mass is 10.1. The number of hydrogen-bond acceptors (Lipinski definition) is 3. The molecule has 1 saturated heterocycles. The number of carbonyl (C=O) groups is 2. The number of nitrogens with two attached hydrogens (primary N) is 1. The molecule has 2 amide bonds. The standard InChI is InChI=1S/C14H16Cl2N2O3/c15-10-1-2-11(16)12(7-10)21-6-4-13(19)18-5-3-9(8-18)14(17)20/h1-2,7,9H,3-6,8H2,(H2,17,20)/t9-/m0/s1. The van der Waals surface area contributed by atoms with Crippen LogP contribution in [0.5, 0.6) is 5.75 Å². The number of halogens is 2. The zero-order chi connectivity index (χ0) is 15.4. The van der Waals surface area contributed by atoms with Crippen molar-refractivity contribution in [2.24, 2.45) is 11.7 Å². The van der Waals surface area contributed by atoms with Crippen LogP contribution in [-0.2, 0) is 9.59 Å². The number of likely N-dealkylation sites (tertiary alicyclic amines) is 1. The Labute approximate surface area is 132 Å². The van der Waals surface area contributed by atoms with Crippen molar-refractivity contribution in [3.05, 3.63) is 28.2 Å². The highest BCUT2D eigenvalue weighted by Crippen LogP contribution is 2.27. The van der Waals surface area contributed by atoms with Crippen LogP contribution in [0.2, 0.25) is 10.0 Å². The van der Waals surface area contributed by atoms with Gasteiger partial charge in [-0.3, -0.25) is 9.59 Å². The summed E-state index contributed by atoms with van der Waals surface area (Å²) in [5.74, 6) is -0.199. The van der Waals surface area contributed by atoms with Gasteiger partial charge in [0.2, 0.25) is 11.8 Å². The Morgan fingerprint density at radius 1 is 1.38 bits per heavy atom. The normalized spacial score (nSPS) is 17.8. The maximum Gasteiger partial charge on any atom is 0.226 e. The maximum atomic E-state index is 12.0. The molecule has 1 aromatic rings. The van der Waals surface area contributed by atoms with Gasteiger partial charge < -0.3 is 15.4 Å².